The van der Waals surface area contributed by atoms with Gasteiger partial charge in [-0.1, -0.05) is 18.2 Å². The van der Waals surface area contributed by atoms with Gasteiger partial charge in [-0.25, -0.2) is 4.98 Å². The van der Waals surface area contributed by atoms with Crippen LogP contribution in [0.4, 0.5) is 5.69 Å². The summed E-state index contributed by atoms with van der Waals surface area (Å²) in [6.45, 7) is 1.96. The molecule has 4 aromatic rings. The third kappa shape index (κ3) is 4.38. The van der Waals surface area contributed by atoms with Crippen LogP contribution in [0, 0.1) is 6.92 Å². The van der Waals surface area contributed by atoms with Crippen LogP contribution in [0.1, 0.15) is 5.56 Å². The minimum atomic E-state index is -0.233. The highest BCUT2D eigenvalue weighted by molar-refractivity contribution is 5.92. The molecule has 0 spiro atoms. The summed E-state index contributed by atoms with van der Waals surface area (Å²) < 4.78 is 12.7. The number of fused-ring (bicyclic) bond motifs is 1. The number of aryl methyl sites for hydroxylation is 1. The minimum absolute atomic E-state index is 0.0826. The Labute approximate surface area is 168 Å². The lowest BCUT2D eigenvalue weighted by Crippen LogP contribution is -2.20. The number of carbonyl (C=O) groups excluding carboxylic acids is 1. The van der Waals surface area contributed by atoms with E-state index in [0.29, 0.717) is 17.2 Å². The van der Waals surface area contributed by atoms with Crippen molar-refractivity contribution in [1.82, 2.24) is 9.38 Å². The Bertz CT molecular complexity index is 1150. The fraction of sp³-hybridized carbons (Fsp3) is 0.130. The molecular weight excluding hydrogens is 366 g/mol. The number of imidazole rings is 1. The summed E-state index contributed by atoms with van der Waals surface area (Å²) in [4.78, 5) is 16.8. The van der Waals surface area contributed by atoms with Crippen LogP contribution in [-0.4, -0.2) is 29.0 Å². The molecule has 6 heteroatoms. The molecule has 1 amide bonds. The van der Waals surface area contributed by atoms with E-state index in [1.807, 2.05) is 72.2 Å². The first kappa shape index (κ1) is 18.6. The Morgan fingerprint density at radius 1 is 1.07 bits per heavy atom. The predicted octanol–water partition coefficient (Wildman–Crippen LogP) is 4.34. The third-order valence-corrected chi connectivity index (χ3v) is 4.49. The minimum Gasteiger partial charge on any atom is -0.497 e. The van der Waals surface area contributed by atoms with Gasteiger partial charge in [0.15, 0.2) is 6.61 Å². The molecule has 1 N–H and O–H groups in total. The van der Waals surface area contributed by atoms with E-state index in [0.717, 1.165) is 16.9 Å². The highest BCUT2D eigenvalue weighted by atomic mass is 16.5. The third-order valence-electron chi connectivity index (χ3n) is 4.49. The van der Waals surface area contributed by atoms with E-state index in [2.05, 4.69) is 10.3 Å². The highest BCUT2D eigenvalue weighted by Crippen LogP contribution is 2.22. The van der Waals surface area contributed by atoms with Crippen LogP contribution in [0.25, 0.3) is 16.9 Å². The highest BCUT2D eigenvalue weighted by Gasteiger charge is 2.07. The summed E-state index contributed by atoms with van der Waals surface area (Å²) in [5.74, 6) is 1.03. The number of ether oxygens (including phenoxy) is 2. The molecule has 6 nitrogen and oxygen atoms in total. The molecule has 0 aliphatic heterocycles. The summed E-state index contributed by atoms with van der Waals surface area (Å²) in [6.07, 6.45) is 3.99. The van der Waals surface area contributed by atoms with E-state index in [1.165, 1.54) is 5.56 Å². The molecule has 0 atom stereocenters. The van der Waals surface area contributed by atoms with Crippen molar-refractivity contribution in [3.05, 3.63) is 78.6 Å². The number of carbonyl (C=O) groups is 1. The lowest BCUT2D eigenvalue weighted by atomic mass is 10.1. The van der Waals surface area contributed by atoms with Crippen molar-refractivity contribution in [1.29, 1.82) is 0 Å². The lowest BCUT2D eigenvalue weighted by Gasteiger charge is -2.09. The largest absolute Gasteiger partial charge is 0.497 e. The van der Waals surface area contributed by atoms with E-state index in [4.69, 9.17) is 9.47 Å². The first-order valence-electron chi connectivity index (χ1n) is 9.23. The molecule has 146 valence electrons. The van der Waals surface area contributed by atoms with Crippen molar-refractivity contribution in [3.8, 4) is 22.8 Å². The fourth-order valence-corrected chi connectivity index (χ4v) is 2.98. The molecule has 0 bridgehead atoms. The van der Waals surface area contributed by atoms with E-state index < -0.39 is 0 Å². The van der Waals surface area contributed by atoms with Crippen LogP contribution >= 0.6 is 0 Å². The number of rotatable bonds is 6. The second-order valence-electron chi connectivity index (χ2n) is 6.69. The van der Waals surface area contributed by atoms with Crippen molar-refractivity contribution in [2.24, 2.45) is 0 Å². The number of benzene rings is 2. The maximum Gasteiger partial charge on any atom is 0.262 e. The van der Waals surface area contributed by atoms with Crippen molar-refractivity contribution in [3.63, 3.8) is 0 Å². The van der Waals surface area contributed by atoms with E-state index in [1.54, 1.807) is 19.2 Å². The molecule has 0 aliphatic carbocycles. The molecule has 4 rings (SSSR count). The first-order chi connectivity index (χ1) is 14.1. The van der Waals surface area contributed by atoms with Gasteiger partial charge in [0.05, 0.1) is 12.8 Å². The molecule has 0 fully saturated rings. The monoisotopic (exact) mass is 387 g/mol. The number of hydrogen-bond donors (Lipinski definition) is 1. The fourth-order valence-electron chi connectivity index (χ4n) is 2.98. The van der Waals surface area contributed by atoms with Crippen LogP contribution in [0.5, 0.6) is 11.5 Å². The van der Waals surface area contributed by atoms with Gasteiger partial charge in [-0.05, 0) is 48.9 Å². The summed E-state index contributed by atoms with van der Waals surface area (Å²) in [5.41, 5.74) is 4.65. The number of methoxy groups -OCH3 is 1. The second-order valence-corrected chi connectivity index (χ2v) is 6.69. The van der Waals surface area contributed by atoms with Crippen molar-refractivity contribution in [2.45, 2.75) is 6.92 Å². The Morgan fingerprint density at radius 2 is 1.86 bits per heavy atom. The standard InChI is InChI=1S/C23H21N3O3/c1-16-10-11-26-14-21(25-22(26)12-16)17-6-8-18(9-7-17)24-23(27)15-29-20-5-3-4-19(13-20)28-2/h3-14H,15H2,1-2H3,(H,24,27). The topological polar surface area (TPSA) is 64.9 Å². The molecule has 29 heavy (non-hydrogen) atoms. The van der Waals surface area contributed by atoms with Gasteiger partial charge in [0.2, 0.25) is 0 Å². The molecule has 2 aromatic carbocycles. The number of amides is 1. The van der Waals surface area contributed by atoms with Gasteiger partial charge in [0, 0.05) is 29.7 Å². The molecular formula is C23H21N3O3. The van der Waals surface area contributed by atoms with Crippen molar-refractivity contribution in [2.75, 3.05) is 19.0 Å². The Morgan fingerprint density at radius 3 is 2.66 bits per heavy atom. The second kappa shape index (κ2) is 8.06. The van der Waals surface area contributed by atoms with Crippen LogP contribution in [0.2, 0.25) is 0 Å². The SMILES string of the molecule is COc1cccc(OCC(=O)Nc2ccc(-c3cn4ccc(C)cc4n3)cc2)c1. The van der Waals surface area contributed by atoms with E-state index >= 15 is 0 Å². The summed E-state index contributed by atoms with van der Waals surface area (Å²) in [7, 11) is 1.59. The predicted molar refractivity (Wildman–Crippen MR) is 112 cm³/mol. The molecule has 2 aromatic heterocycles. The normalized spacial score (nSPS) is 10.7. The van der Waals surface area contributed by atoms with Crippen LogP contribution < -0.4 is 14.8 Å². The van der Waals surface area contributed by atoms with Gasteiger partial charge < -0.3 is 19.2 Å². The first-order valence-corrected chi connectivity index (χ1v) is 9.23. The van der Waals surface area contributed by atoms with Crippen LogP contribution in [0.3, 0.4) is 0 Å². The lowest BCUT2D eigenvalue weighted by molar-refractivity contribution is -0.118. The zero-order valence-corrected chi connectivity index (χ0v) is 16.3. The quantitative estimate of drug-likeness (QED) is 0.535. The number of aromatic nitrogens is 2. The van der Waals surface area contributed by atoms with Crippen molar-refractivity contribution < 1.29 is 14.3 Å². The smallest absolute Gasteiger partial charge is 0.262 e. The molecule has 0 saturated heterocycles. The zero-order valence-electron chi connectivity index (χ0n) is 16.3. The average Bonchev–Trinajstić information content (AvgIpc) is 3.16. The Kier molecular flexibility index (Phi) is 5.16. The number of anilines is 1. The van der Waals surface area contributed by atoms with Gasteiger partial charge in [-0.3, -0.25) is 4.79 Å². The number of pyridine rings is 1. The number of hydrogen-bond acceptors (Lipinski definition) is 4. The van der Waals surface area contributed by atoms with Gasteiger partial charge in [0.1, 0.15) is 17.1 Å². The molecule has 0 saturated carbocycles. The Hall–Kier alpha value is -3.80. The van der Waals surface area contributed by atoms with Crippen LogP contribution in [0.15, 0.2) is 73.1 Å². The number of nitrogens with one attached hydrogen (secondary N) is 1. The maximum absolute atomic E-state index is 12.2. The molecule has 0 aliphatic rings. The zero-order chi connectivity index (χ0) is 20.2. The van der Waals surface area contributed by atoms with Gasteiger partial charge >= 0.3 is 0 Å². The van der Waals surface area contributed by atoms with Gasteiger partial charge in [0.25, 0.3) is 5.91 Å². The van der Waals surface area contributed by atoms with Crippen LogP contribution in [-0.2, 0) is 4.79 Å². The van der Waals surface area contributed by atoms with Gasteiger partial charge in [-0.2, -0.15) is 0 Å². The molecule has 2 heterocycles. The van der Waals surface area contributed by atoms with Crippen molar-refractivity contribution >= 4 is 17.2 Å². The maximum atomic E-state index is 12.2. The van der Waals surface area contributed by atoms with E-state index in [9.17, 15) is 4.79 Å². The summed E-state index contributed by atoms with van der Waals surface area (Å²) in [5, 5.41) is 2.83. The molecule has 0 unspecified atom stereocenters. The summed E-state index contributed by atoms with van der Waals surface area (Å²) >= 11 is 0. The summed E-state index contributed by atoms with van der Waals surface area (Å²) in [6, 6.07) is 18.8. The Balaban J connectivity index is 1.38. The average molecular weight is 387 g/mol. The van der Waals surface area contributed by atoms with Gasteiger partial charge in [-0.15, -0.1) is 0 Å². The number of nitrogens with zero attached hydrogens (tertiary/aromatic N) is 2. The van der Waals surface area contributed by atoms with E-state index in [-0.39, 0.29) is 12.5 Å². The molecule has 0 radical (unpaired) electrons.